The maximum Gasteiger partial charge on any atom is 0.255 e. The lowest BCUT2D eigenvalue weighted by Gasteiger charge is -2.20. The van der Waals surface area contributed by atoms with Crippen molar-refractivity contribution < 1.29 is 27.1 Å². The molecule has 3 rings (SSSR count). The predicted octanol–water partition coefficient (Wildman–Crippen LogP) is 4.42. The van der Waals surface area contributed by atoms with Crippen molar-refractivity contribution in [3.63, 3.8) is 0 Å². The standard InChI is InChI=1S/C25H26FN3O5S/c1-25(2,3)29-35(32,33)20-11-8-16(9-12-20)23(30)27-19-10-13-22(34-4)21(15-19)28-24(31)17-6-5-7-18(26)14-17/h5-15,29H,1-4H3,(H,27,30)(H,28,31). The van der Waals surface area contributed by atoms with Crippen LogP contribution >= 0.6 is 0 Å². The van der Waals surface area contributed by atoms with Gasteiger partial charge in [-0.3, -0.25) is 9.59 Å². The zero-order valence-electron chi connectivity index (χ0n) is 19.7. The largest absolute Gasteiger partial charge is 0.495 e. The second kappa shape index (κ2) is 10.2. The summed E-state index contributed by atoms with van der Waals surface area (Å²) in [5.74, 6) is -1.23. The van der Waals surface area contributed by atoms with Gasteiger partial charge in [0.2, 0.25) is 10.0 Å². The number of ether oxygens (including phenoxy) is 1. The summed E-state index contributed by atoms with van der Waals surface area (Å²) in [6.45, 7) is 5.20. The second-order valence-electron chi connectivity index (χ2n) is 8.71. The van der Waals surface area contributed by atoms with E-state index < -0.39 is 33.2 Å². The maximum absolute atomic E-state index is 13.5. The first-order valence-corrected chi connectivity index (χ1v) is 12.1. The van der Waals surface area contributed by atoms with Crippen molar-refractivity contribution in [3.8, 4) is 5.75 Å². The summed E-state index contributed by atoms with van der Waals surface area (Å²) >= 11 is 0. The summed E-state index contributed by atoms with van der Waals surface area (Å²) in [4.78, 5) is 25.3. The van der Waals surface area contributed by atoms with Crippen LogP contribution in [0.3, 0.4) is 0 Å². The fourth-order valence-corrected chi connectivity index (χ4v) is 4.58. The van der Waals surface area contributed by atoms with E-state index >= 15 is 0 Å². The molecule has 3 N–H and O–H groups in total. The Balaban J connectivity index is 1.76. The molecule has 0 bridgehead atoms. The van der Waals surface area contributed by atoms with Crippen LogP contribution in [0.15, 0.2) is 71.6 Å². The molecule has 3 aromatic rings. The highest BCUT2D eigenvalue weighted by Crippen LogP contribution is 2.29. The van der Waals surface area contributed by atoms with E-state index in [-0.39, 0.29) is 21.7 Å². The molecule has 0 radical (unpaired) electrons. The van der Waals surface area contributed by atoms with Crippen LogP contribution in [0.5, 0.6) is 5.75 Å². The van der Waals surface area contributed by atoms with Gasteiger partial charge in [-0.2, -0.15) is 0 Å². The third kappa shape index (κ3) is 6.87. The van der Waals surface area contributed by atoms with Gasteiger partial charge < -0.3 is 15.4 Å². The van der Waals surface area contributed by atoms with Crippen LogP contribution in [-0.4, -0.2) is 32.9 Å². The maximum atomic E-state index is 13.5. The van der Waals surface area contributed by atoms with Gasteiger partial charge in [0.25, 0.3) is 11.8 Å². The topological polar surface area (TPSA) is 114 Å². The highest BCUT2D eigenvalue weighted by Gasteiger charge is 2.22. The first-order valence-electron chi connectivity index (χ1n) is 10.6. The number of methoxy groups -OCH3 is 1. The van der Waals surface area contributed by atoms with Gasteiger partial charge in [-0.05, 0) is 81.4 Å². The molecular weight excluding hydrogens is 473 g/mol. The van der Waals surface area contributed by atoms with Gasteiger partial charge in [0, 0.05) is 22.4 Å². The molecule has 8 nitrogen and oxygen atoms in total. The zero-order chi connectivity index (χ0) is 25.8. The molecular formula is C25H26FN3O5S. The first-order chi connectivity index (χ1) is 16.4. The number of sulfonamides is 1. The number of halogens is 1. The average molecular weight is 500 g/mol. The van der Waals surface area contributed by atoms with Gasteiger partial charge >= 0.3 is 0 Å². The lowest BCUT2D eigenvalue weighted by atomic mass is 10.1. The molecule has 0 fully saturated rings. The molecule has 0 heterocycles. The SMILES string of the molecule is COc1ccc(NC(=O)c2ccc(S(=O)(=O)NC(C)(C)C)cc2)cc1NC(=O)c1cccc(F)c1. The smallest absolute Gasteiger partial charge is 0.255 e. The molecule has 184 valence electrons. The molecule has 0 spiro atoms. The molecule has 0 saturated heterocycles. The highest BCUT2D eigenvalue weighted by molar-refractivity contribution is 7.89. The van der Waals surface area contributed by atoms with Crippen LogP contribution < -0.4 is 20.1 Å². The molecule has 3 aromatic carbocycles. The van der Waals surface area contributed by atoms with E-state index in [1.54, 1.807) is 32.9 Å². The number of carbonyl (C=O) groups is 2. The fraction of sp³-hybridized carbons (Fsp3) is 0.200. The Hall–Kier alpha value is -3.76. The van der Waals surface area contributed by atoms with Crippen molar-refractivity contribution in [3.05, 3.63) is 83.7 Å². The minimum atomic E-state index is -3.73. The van der Waals surface area contributed by atoms with Gasteiger partial charge in [0.15, 0.2) is 0 Å². The number of benzene rings is 3. The number of hydrogen-bond donors (Lipinski definition) is 3. The van der Waals surface area contributed by atoms with Crippen molar-refractivity contribution in [1.82, 2.24) is 4.72 Å². The normalized spacial score (nSPS) is 11.6. The van der Waals surface area contributed by atoms with E-state index in [0.717, 1.165) is 6.07 Å². The average Bonchev–Trinajstić information content (AvgIpc) is 2.78. The molecule has 10 heteroatoms. The lowest BCUT2D eigenvalue weighted by Crippen LogP contribution is -2.40. The van der Waals surface area contributed by atoms with Gasteiger partial charge in [-0.1, -0.05) is 6.07 Å². The minimum absolute atomic E-state index is 0.0377. The van der Waals surface area contributed by atoms with E-state index in [9.17, 15) is 22.4 Å². The number of anilines is 2. The monoisotopic (exact) mass is 499 g/mol. The van der Waals surface area contributed by atoms with Crippen LogP contribution in [-0.2, 0) is 10.0 Å². The quantitative estimate of drug-likeness (QED) is 0.446. The third-order valence-electron chi connectivity index (χ3n) is 4.66. The van der Waals surface area contributed by atoms with Gasteiger partial charge in [-0.25, -0.2) is 17.5 Å². The number of hydrogen-bond acceptors (Lipinski definition) is 5. The van der Waals surface area contributed by atoms with Crippen LogP contribution in [0.2, 0.25) is 0 Å². The van der Waals surface area contributed by atoms with E-state index in [1.807, 2.05) is 0 Å². The fourth-order valence-electron chi connectivity index (χ4n) is 3.16. The Bertz CT molecular complexity index is 1350. The molecule has 0 saturated carbocycles. The van der Waals surface area contributed by atoms with Gasteiger partial charge in [0.05, 0.1) is 17.7 Å². The molecule has 0 unspecified atom stereocenters. The summed E-state index contributed by atoms with van der Waals surface area (Å²) in [5.41, 5.74) is 0.342. The van der Waals surface area contributed by atoms with Gasteiger partial charge in [0.1, 0.15) is 11.6 Å². The molecule has 0 atom stereocenters. The Morgan fingerprint density at radius 2 is 1.51 bits per heavy atom. The van der Waals surface area contributed by atoms with Crippen LogP contribution in [0, 0.1) is 5.82 Å². The summed E-state index contributed by atoms with van der Waals surface area (Å²) < 4.78 is 46.2. The highest BCUT2D eigenvalue weighted by atomic mass is 32.2. The third-order valence-corrected chi connectivity index (χ3v) is 6.43. The number of amides is 2. The van der Waals surface area contributed by atoms with Crippen LogP contribution in [0.25, 0.3) is 0 Å². The minimum Gasteiger partial charge on any atom is -0.495 e. The predicted molar refractivity (Wildman–Crippen MR) is 132 cm³/mol. The summed E-state index contributed by atoms with van der Waals surface area (Å²) in [6.07, 6.45) is 0. The van der Waals surface area contributed by atoms with Crippen molar-refractivity contribution >= 4 is 33.2 Å². The number of rotatable bonds is 7. The molecule has 35 heavy (non-hydrogen) atoms. The van der Waals surface area contributed by atoms with E-state index in [2.05, 4.69) is 15.4 Å². The number of carbonyl (C=O) groups excluding carboxylic acids is 2. The second-order valence-corrected chi connectivity index (χ2v) is 10.4. The lowest BCUT2D eigenvalue weighted by molar-refractivity contribution is 0.101. The molecule has 0 aliphatic carbocycles. The summed E-state index contributed by atoms with van der Waals surface area (Å²) in [6, 6.07) is 15.4. The van der Waals surface area contributed by atoms with Crippen LogP contribution in [0.1, 0.15) is 41.5 Å². The molecule has 0 aliphatic heterocycles. The summed E-state index contributed by atoms with van der Waals surface area (Å²) in [5, 5.41) is 5.34. The Kier molecular flexibility index (Phi) is 7.57. The number of nitrogens with one attached hydrogen (secondary N) is 3. The zero-order valence-corrected chi connectivity index (χ0v) is 20.5. The van der Waals surface area contributed by atoms with Crippen molar-refractivity contribution in [2.75, 3.05) is 17.7 Å². The Labute approximate surface area is 203 Å². The van der Waals surface area contributed by atoms with Crippen LogP contribution in [0.4, 0.5) is 15.8 Å². The Morgan fingerprint density at radius 1 is 0.857 bits per heavy atom. The Morgan fingerprint density at radius 3 is 2.11 bits per heavy atom. The van der Waals surface area contributed by atoms with Crippen molar-refractivity contribution in [2.24, 2.45) is 0 Å². The van der Waals surface area contributed by atoms with E-state index in [4.69, 9.17) is 4.74 Å². The van der Waals surface area contributed by atoms with Crippen molar-refractivity contribution in [1.29, 1.82) is 0 Å². The van der Waals surface area contributed by atoms with Gasteiger partial charge in [-0.15, -0.1) is 0 Å². The van der Waals surface area contributed by atoms with E-state index in [1.165, 1.54) is 55.6 Å². The molecule has 2 amide bonds. The van der Waals surface area contributed by atoms with Crippen molar-refractivity contribution in [2.45, 2.75) is 31.2 Å². The summed E-state index contributed by atoms with van der Waals surface area (Å²) in [7, 11) is -2.30. The first kappa shape index (κ1) is 25.9. The van der Waals surface area contributed by atoms with E-state index in [0.29, 0.717) is 11.4 Å². The molecule has 0 aliphatic rings. The molecule has 0 aromatic heterocycles.